The molecule has 0 spiro atoms. The first kappa shape index (κ1) is 58.8. The van der Waals surface area contributed by atoms with Crippen LogP contribution in [0.4, 0.5) is 17.1 Å². The van der Waals surface area contributed by atoms with E-state index >= 15 is 0 Å². The lowest BCUT2D eigenvalue weighted by molar-refractivity contribution is -0.384. The monoisotopic (exact) mass is 1200 g/mol. The molecule has 4 N–H and O–H groups in total. The van der Waals surface area contributed by atoms with Gasteiger partial charge < -0.3 is 24.8 Å². The number of aromatic nitrogens is 2. The second-order valence-electron chi connectivity index (χ2n) is 23.1. The highest BCUT2D eigenvalue weighted by Gasteiger charge is 2.45. The van der Waals surface area contributed by atoms with Gasteiger partial charge in [-0.1, -0.05) is 61.1 Å². The predicted octanol–water partition coefficient (Wildman–Crippen LogP) is 8.71. The number of H-pyrrole nitrogens is 1. The van der Waals surface area contributed by atoms with Crippen molar-refractivity contribution in [3.63, 3.8) is 0 Å². The van der Waals surface area contributed by atoms with E-state index in [1.807, 2.05) is 18.2 Å². The average molecular weight is 1200 g/mol. The van der Waals surface area contributed by atoms with Crippen LogP contribution in [0.1, 0.15) is 114 Å². The normalized spacial score (nSPS) is 19.0. The van der Waals surface area contributed by atoms with Gasteiger partial charge in [0.25, 0.3) is 33.4 Å². The Labute approximate surface area is 501 Å². The molecule has 5 aliphatic rings. The number of benzene rings is 4. The number of sulfonamides is 1. The molecule has 4 aliphatic heterocycles. The number of fused-ring (bicyclic) bond motifs is 2. The molecule has 23 heteroatoms. The molecule has 0 saturated carbocycles. The number of likely N-dealkylation sites (tertiary alicyclic amines) is 1. The van der Waals surface area contributed by atoms with E-state index in [9.17, 15) is 47.3 Å². The molecule has 4 aromatic carbocycles. The second kappa shape index (κ2) is 24.6. The summed E-state index contributed by atoms with van der Waals surface area (Å²) in [5, 5.41) is 19.2. The zero-order valence-electron chi connectivity index (χ0n) is 47.5. The number of hydrogen-bond donors (Lipinski definition) is 4. The van der Waals surface area contributed by atoms with Crippen molar-refractivity contribution < 1.29 is 46.8 Å². The van der Waals surface area contributed by atoms with E-state index in [1.165, 1.54) is 47.2 Å². The molecule has 2 unspecified atom stereocenters. The lowest BCUT2D eigenvalue weighted by Crippen LogP contribution is -2.54. The average Bonchev–Trinajstić information content (AvgIpc) is 1.84. The fraction of sp³-hybridized carbons (Fsp3) is 0.349. The number of nitro benzene ring substituents is 1. The van der Waals surface area contributed by atoms with Crippen LogP contribution >= 0.6 is 11.6 Å². The van der Waals surface area contributed by atoms with Gasteiger partial charge in [-0.2, -0.15) is 0 Å². The molecule has 1 aliphatic carbocycles. The smallest absolute Gasteiger partial charge is 0.293 e. The van der Waals surface area contributed by atoms with Crippen LogP contribution in [0.15, 0.2) is 114 Å². The number of imide groups is 2. The Hall–Kier alpha value is -8.91. The van der Waals surface area contributed by atoms with Crippen molar-refractivity contribution in [2.45, 2.75) is 82.6 Å². The summed E-state index contributed by atoms with van der Waals surface area (Å²) in [4.78, 5) is 105. The maximum absolute atomic E-state index is 14.2. The third kappa shape index (κ3) is 12.9. The van der Waals surface area contributed by atoms with Crippen molar-refractivity contribution in [3.05, 3.63) is 152 Å². The van der Waals surface area contributed by atoms with Crippen molar-refractivity contribution >= 4 is 90.7 Å². The van der Waals surface area contributed by atoms with Crippen molar-refractivity contribution in [2.24, 2.45) is 11.3 Å². The summed E-state index contributed by atoms with van der Waals surface area (Å²) in [6.07, 6.45) is 7.91. The zero-order chi connectivity index (χ0) is 60.4. The van der Waals surface area contributed by atoms with Crippen LogP contribution < -0.4 is 25.0 Å². The first-order valence-corrected chi connectivity index (χ1v) is 30.5. The fourth-order valence-corrected chi connectivity index (χ4v) is 13.1. The largest absolute Gasteiger partial charge is 0.455 e. The Morgan fingerprint density at radius 2 is 1.73 bits per heavy atom. The molecule has 2 aromatic heterocycles. The molecule has 11 rings (SSSR count). The fourth-order valence-electron chi connectivity index (χ4n) is 12.0. The van der Waals surface area contributed by atoms with Gasteiger partial charge in [-0.15, -0.1) is 0 Å². The number of amides is 6. The van der Waals surface area contributed by atoms with E-state index in [0.717, 1.165) is 60.9 Å². The Kier molecular flexibility index (Phi) is 16.8. The minimum Gasteiger partial charge on any atom is -0.455 e. The lowest BCUT2D eigenvalue weighted by atomic mass is 9.72. The molecule has 3 saturated heterocycles. The van der Waals surface area contributed by atoms with Gasteiger partial charge in [-0.25, -0.2) is 18.1 Å². The third-order valence-electron chi connectivity index (χ3n) is 16.7. The Morgan fingerprint density at radius 1 is 0.930 bits per heavy atom. The van der Waals surface area contributed by atoms with Crippen LogP contribution in [0.5, 0.6) is 11.5 Å². The molecule has 444 valence electrons. The van der Waals surface area contributed by atoms with E-state index in [-0.39, 0.29) is 83.2 Å². The quantitative estimate of drug-likeness (QED) is 0.0305. The minimum absolute atomic E-state index is 0.00993. The molecule has 6 heterocycles. The summed E-state index contributed by atoms with van der Waals surface area (Å²) in [6.45, 7) is 9.45. The SMILES string of the molecule is CC1(C)CCC(CN2CCN(c3ccc(C(=O)NS(=O)(=O)c4ccc(NCC5CCCN(C(=O)CCC#Cc6cccc7c6C(=O)N(C6CCC(=O)NC6=O)C7=O)C5)c([N+](=O)[O-])c4)c(Oc4cnc5[nH]ccc5c4)c3)CC2)=C(c2ccc(Cl)cc2)C1. The highest BCUT2D eigenvalue weighted by atomic mass is 35.5. The Balaban J connectivity index is 0.720. The number of pyridine rings is 1. The van der Waals surface area contributed by atoms with Crippen LogP contribution in [-0.2, 0) is 24.4 Å². The second-order valence-corrected chi connectivity index (χ2v) is 25.3. The Bertz CT molecular complexity index is 3960. The van der Waals surface area contributed by atoms with E-state index in [4.69, 9.17) is 16.3 Å². The zero-order valence-corrected chi connectivity index (χ0v) is 49.0. The van der Waals surface area contributed by atoms with Crippen molar-refractivity contribution in [1.29, 1.82) is 0 Å². The number of nitro groups is 1. The minimum atomic E-state index is -4.70. The number of allylic oxidation sites excluding steroid dienone is 1. The molecule has 21 nitrogen and oxygen atoms in total. The number of nitrogens with zero attached hydrogens (tertiary/aromatic N) is 6. The Morgan fingerprint density at radius 3 is 2.51 bits per heavy atom. The molecule has 86 heavy (non-hydrogen) atoms. The summed E-state index contributed by atoms with van der Waals surface area (Å²) in [5.41, 5.74) is 5.46. The molecule has 6 amide bonds. The molecular formula is C63H63ClN10O11S. The van der Waals surface area contributed by atoms with E-state index in [1.54, 1.807) is 41.4 Å². The summed E-state index contributed by atoms with van der Waals surface area (Å²) in [6, 6.07) is 23.5. The number of piperazine rings is 1. The summed E-state index contributed by atoms with van der Waals surface area (Å²) in [7, 11) is -4.70. The number of carbonyl (C=O) groups is 6. The number of piperidine rings is 2. The third-order valence-corrected chi connectivity index (χ3v) is 18.2. The number of ether oxygens (including phenoxy) is 1. The maximum atomic E-state index is 14.2. The molecule has 3 fully saturated rings. The van der Waals surface area contributed by atoms with Gasteiger partial charge in [0.1, 0.15) is 28.9 Å². The molecule has 2 atom stereocenters. The molecule has 6 aromatic rings. The van der Waals surface area contributed by atoms with Crippen molar-refractivity contribution in [1.82, 2.24) is 34.7 Å². The van der Waals surface area contributed by atoms with Crippen LogP contribution in [0.25, 0.3) is 16.6 Å². The summed E-state index contributed by atoms with van der Waals surface area (Å²) >= 11 is 6.27. The van der Waals surface area contributed by atoms with Crippen molar-refractivity contribution in [2.75, 3.05) is 62.6 Å². The first-order chi connectivity index (χ1) is 41.3. The van der Waals surface area contributed by atoms with E-state index in [0.29, 0.717) is 55.4 Å². The van der Waals surface area contributed by atoms with E-state index < -0.39 is 61.1 Å². The van der Waals surface area contributed by atoms with Gasteiger partial charge in [0.2, 0.25) is 17.7 Å². The van der Waals surface area contributed by atoms with Gasteiger partial charge >= 0.3 is 0 Å². The standard InChI is InChI=1S/C63H63ClN10O11S/c1-63(2)24-22-43(50(34-63)40-12-14-44(64)15-13-40)38-70-27-29-71(30-28-70)45-16-18-48(54(32-45)85-46-31-42-23-25-65-58(42)67-36-46)59(77)69-86(83,84)47-17-19-51(53(33-47)74(81)82)66-35-39-7-6-26-72(37-39)56(76)11-4-3-8-41-9-5-10-49-57(41)62(80)73(61(49)79)52-20-21-55(75)68-60(52)78/h5,9-10,12-19,23,25,31-33,36,39,52,66H,4,6-7,11,20-22,24,26-30,34-35,37-38H2,1-2H3,(H,65,67)(H,69,77)(H,68,75,78). The number of anilines is 2. The van der Waals surface area contributed by atoms with E-state index in [2.05, 4.69) is 72.9 Å². The van der Waals surface area contributed by atoms with Gasteiger partial charge in [0.15, 0.2) is 0 Å². The highest BCUT2D eigenvalue weighted by molar-refractivity contribution is 7.90. The maximum Gasteiger partial charge on any atom is 0.293 e. The van der Waals surface area contributed by atoms with Crippen LogP contribution in [-0.4, -0.2) is 132 Å². The van der Waals surface area contributed by atoms with Crippen LogP contribution in [0, 0.1) is 33.3 Å². The molecular weight excluding hydrogens is 1140 g/mol. The topological polar surface area (TPSA) is 267 Å². The van der Waals surface area contributed by atoms with Crippen LogP contribution in [0.2, 0.25) is 5.02 Å². The highest BCUT2D eigenvalue weighted by Crippen LogP contribution is 2.44. The predicted molar refractivity (Wildman–Crippen MR) is 322 cm³/mol. The van der Waals surface area contributed by atoms with Gasteiger partial charge in [0.05, 0.1) is 32.7 Å². The number of nitrogens with one attached hydrogen (secondary N) is 4. The van der Waals surface area contributed by atoms with Crippen LogP contribution in [0.3, 0.4) is 0 Å². The lowest BCUT2D eigenvalue weighted by Gasteiger charge is -2.39. The first-order valence-electron chi connectivity index (χ1n) is 28.7. The molecule has 0 radical (unpaired) electrons. The number of halogens is 1. The number of hydrogen-bond acceptors (Lipinski definition) is 15. The summed E-state index contributed by atoms with van der Waals surface area (Å²) in [5.74, 6) is 2.41. The summed E-state index contributed by atoms with van der Waals surface area (Å²) < 4.78 is 36.5. The van der Waals surface area contributed by atoms with Gasteiger partial charge in [-0.05, 0) is 122 Å². The van der Waals surface area contributed by atoms with Crippen molar-refractivity contribution in [3.8, 4) is 23.3 Å². The van der Waals surface area contributed by atoms with Gasteiger partial charge in [0, 0.05) is 112 Å². The molecule has 0 bridgehead atoms. The number of aromatic amines is 1. The van der Waals surface area contributed by atoms with Gasteiger partial charge in [-0.3, -0.25) is 54.0 Å². The number of rotatable bonds is 16. The number of carbonyl (C=O) groups excluding carboxylic acids is 6.